The van der Waals surface area contributed by atoms with Gasteiger partial charge in [0.15, 0.2) is 0 Å². The number of ether oxygens (including phenoxy) is 1. The van der Waals surface area contributed by atoms with Crippen LogP contribution >= 0.6 is 11.3 Å². The van der Waals surface area contributed by atoms with Crippen LogP contribution in [0.4, 0.5) is 4.79 Å². The van der Waals surface area contributed by atoms with Crippen molar-refractivity contribution in [2.24, 2.45) is 5.41 Å². The summed E-state index contributed by atoms with van der Waals surface area (Å²) in [5, 5.41) is 18.9. The lowest BCUT2D eigenvalue weighted by Crippen LogP contribution is -2.57. The molecule has 0 aliphatic carbocycles. The van der Waals surface area contributed by atoms with Gasteiger partial charge in [-0.3, -0.25) is 14.4 Å². The molecule has 3 atom stereocenters. The summed E-state index contributed by atoms with van der Waals surface area (Å²) in [4.78, 5) is 58.4. The fourth-order valence-corrected chi connectivity index (χ4v) is 5.74. The summed E-state index contributed by atoms with van der Waals surface area (Å²) < 4.78 is 5.20. The van der Waals surface area contributed by atoms with Gasteiger partial charge >= 0.3 is 6.09 Å². The first-order chi connectivity index (χ1) is 20.5. The first-order valence-electron chi connectivity index (χ1n) is 15.1. The van der Waals surface area contributed by atoms with E-state index >= 15 is 0 Å². The zero-order valence-corrected chi connectivity index (χ0v) is 27.7. The molecule has 44 heavy (non-hydrogen) atoms. The van der Waals surface area contributed by atoms with Crippen LogP contribution in [0.3, 0.4) is 0 Å². The molecule has 0 saturated carbocycles. The van der Waals surface area contributed by atoms with E-state index in [1.807, 2.05) is 57.5 Å². The topological polar surface area (TPSA) is 150 Å². The summed E-state index contributed by atoms with van der Waals surface area (Å²) in [6.07, 6.45) is 0.0114. The number of thiazole rings is 1. The van der Waals surface area contributed by atoms with Crippen molar-refractivity contribution in [3.8, 4) is 10.4 Å². The lowest BCUT2D eigenvalue weighted by atomic mass is 9.85. The highest BCUT2D eigenvalue weighted by atomic mass is 32.1. The minimum absolute atomic E-state index is 0.0125. The van der Waals surface area contributed by atoms with Crippen LogP contribution in [0.25, 0.3) is 10.4 Å². The van der Waals surface area contributed by atoms with Gasteiger partial charge in [0.05, 0.1) is 22.2 Å². The standard InChI is InChI=1S/C32H47N5O6S/c1-20-26(44-19-35-20)22-13-11-21(12-14-22)17-34-28(40)24-16-23(38)18-37(24)29(41)27(31(2,3)4)36-25(39)10-8-9-15-33-30(42)43-32(5,6)7/h11-14,19,23-24,27,38H,8-10,15-18H2,1-7H3,(H,33,42)(H,34,40)(H,36,39). The van der Waals surface area contributed by atoms with E-state index in [9.17, 15) is 24.3 Å². The lowest BCUT2D eigenvalue weighted by Gasteiger charge is -2.35. The monoisotopic (exact) mass is 629 g/mol. The maximum absolute atomic E-state index is 13.8. The van der Waals surface area contributed by atoms with E-state index in [-0.39, 0.29) is 37.7 Å². The first-order valence-corrected chi connectivity index (χ1v) is 15.9. The predicted octanol–water partition coefficient (Wildman–Crippen LogP) is 3.92. The number of nitrogens with one attached hydrogen (secondary N) is 3. The molecule has 11 nitrogen and oxygen atoms in total. The second-order valence-corrected chi connectivity index (χ2v) is 14.2. The SMILES string of the molecule is Cc1ncsc1-c1ccc(CNC(=O)C2CC(O)CN2C(=O)C(NC(=O)CCCCNC(=O)OC(C)(C)C)C(C)(C)C)cc1. The molecular formula is C32H47N5O6S. The molecule has 1 aromatic carbocycles. The van der Waals surface area contributed by atoms with Crippen LogP contribution in [0, 0.1) is 12.3 Å². The second-order valence-electron chi connectivity index (χ2n) is 13.3. The van der Waals surface area contributed by atoms with Crippen LogP contribution in [0.15, 0.2) is 29.8 Å². The number of aliphatic hydroxyl groups is 1. The maximum Gasteiger partial charge on any atom is 0.407 e. The number of carbonyl (C=O) groups is 4. The van der Waals surface area contributed by atoms with Crippen molar-refractivity contribution >= 4 is 35.2 Å². The number of alkyl carbamates (subject to hydrolysis) is 1. The quantitative estimate of drug-likeness (QED) is 0.275. The van der Waals surface area contributed by atoms with Crippen molar-refractivity contribution in [1.82, 2.24) is 25.8 Å². The molecule has 1 aliphatic heterocycles. The number of aryl methyl sites for hydroxylation is 1. The van der Waals surface area contributed by atoms with Gasteiger partial charge in [-0.25, -0.2) is 9.78 Å². The smallest absolute Gasteiger partial charge is 0.407 e. The Bertz CT molecular complexity index is 1300. The number of hydrogen-bond acceptors (Lipinski definition) is 8. The molecule has 2 aromatic rings. The van der Waals surface area contributed by atoms with Gasteiger partial charge in [-0.1, -0.05) is 45.0 Å². The molecule has 0 radical (unpaired) electrons. The zero-order valence-electron chi connectivity index (χ0n) is 26.9. The fraction of sp³-hybridized carbons (Fsp3) is 0.594. The van der Waals surface area contributed by atoms with Gasteiger partial charge in [0.25, 0.3) is 0 Å². The molecule has 1 saturated heterocycles. The number of hydrogen-bond donors (Lipinski definition) is 4. The average Bonchev–Trinajstić information content (AvgIpc) is 3.53. The van der Waals surface area contributed by atoms with Crippen molar-refractivity contribution in [3.63, 3.8) is 0 Å². The normalized spacial score (nSPS) is 17.6. The number of aliphatic hydroxyl groups excluding tert-OH is 1. The van der Waals surface area contributed by atoms with Crippen LogP contribution in [0.5, 0.6) is 0 Å². The van der Waals surface area contributed by atoms with E-state index in [2.05, 4.69) is 20.9 Å². The Morgan fingerprint density at radius 1 is 1.07 bits per heavy atom. The van der Waals surface area contributed by atoms with Gasteiger partial charge in [-0.2, -0.15) is 0 Å². The number of unbranched alkanes of at least 4 members (excludes halogenated alkanes) is 1. The molecular weight excluding hydrogens is 582 g/mol. The average molecular weight is 630 g/mol. The summed E-state index contributed by atoms with van der Waals surface area (Å²) in [6, 6.07) is 6.13. The summed E-state index contributed by atoms with van der Waals surface area (Å²) in [5.74, 6) is -1.06. The van der Waals surface area contributed by atoms with Crippen molar-refractivity contribution in [3.05, 3.63) is 41.0 Å². The molecule has 3 unspecified atom stereocenters. The van der Waals surface area contributed by atoms with E-state index in [4.69, 9.17) is 4.74 Å². The minimum atomic E-state index is -0.891. The number of rotatable bonds is 11. The van der Waals surface area contributed by atoms with Crippen molar-refractivity contribution < 1.29 is 29.0 Å². The summed E-state index contributed by atoms with van der Waals surface area (Å²) in [5.41, 5.74) is 3.52. The number of amides is 4. The molecule has 1 aliphatic rings. The number of aromatic nitrogens is 1. The Morgan fingerprint density at radius 2 is 1.75 bits per heavy atom. The van der Waals surface area contributed by atoms with Gasteiger partial charge in [-0.05, 0) is 57.1 Å². The van der Waals surface area contributed by atoms with Crippen LogP contribution < -0.4 is 16.0 Å². The number of nitrogens with zero attached hydrogens (tertiary/aromatic N) is 2. The van der Waals surface area contributed by atoms with E-state index < -0.39 is 41.2 Å². The van der Waals surface area contributed by atoms with Crippen molar-refractivity contribution in [1.29, 1.82) is 0 Å². The predicted molar refractivity (Wildman–Crippen MR) is 170 cm³/mol. The molecule has 3 rings (SSSR count). The lowest BCUT2D eigenvalue weighted by molar-refractivity contribution is -0.144. The number of benzene rings is 1. The summed E-state index contributed by atoms with van der Waals surface area (Å²) in [7, 11) is 0. The first kappa shape index (κ1) is 35.0. The molecule has 4 N–H and O–H groups in total. The Labute approximate surface area is 264 Å². The molecule has 242 valence electrons. The van der Waals surface area contributed by atoms with Crippen molar-refractivity contribution in [2.45, 2.75) is 104 Å². The highest BCUT2D eigenvalue weighted by molar-refractivity contribution is 7.13. The van der Waals surface area contributed by atoms with E-state index in [0.29, 0.717) is 19.4 Å². The molecule has 1 fully saturated rings. The maximum atomic E-state index is 13.8. The third-order valence-electron chi connectivity index (χ3n) is 7.21. The Balaban J connectivity index is 1.54. The van der Waals surface area contributed by atoms with Crippen LogP contribution in [0.2, 0.25) is 0 Å². The Kier molecular flexibility index (Phi) is 11.9. The van der Waals surface area contributed by atoms with Gasteiger partial charge in [0.2, 0.25) is 17.7 Å². The molecule has 12 heteroatoms. The Morgan fingerprint density at radius 3 is 2.34 bits per heavy atom. The van der Waals surface area contributed by atoms with Crippen LogP contribution in [-0.2, 0) is 25.7 Å². The molecule has 4 amide bonds. The molecule has 2 heterocycles. The van der Waals surface area contributed by atoms with Crippen LogP contribution in [-0.4, -0.2) is 75.7 Å². The molecule has 0 spiro atoms. The second kappa shape index (κ2) is 15.0. The fourth-order valence-electron chi connectivity index (χ4n) is 4.93. The molecule has 1 aromatic heterocycles. The largest absolute Gasteiger partial charge is 0.444 e. The van der Waals surface area contributed by atoms with Gasteiger partial charge in [0, 0.05) is 32.5 Å². The summed E-state index contributed by atoms with van der Waals surface area (Å²) >= 11 is 1.58. The third-order valence-corrected chi connectivity index (χ3v) is 8.19. The van der Waals surface area contributed by atoms with Gasteiger partial charge < -0.3 is 30.7 Å². The van der Waals surface area contributed by atoms with E-state index in [1.165, 1.54) is 4.90 Å². The summed E-state index contributed by atoms with van der Waals surface area (Å²) in [6.45, 7) is 13.5. The van der Waals surface area contributed by atoms with E-state index in [1.54, 1.807) is 32.1 Å². The minimum Gasteiger partial charge on any atom is -0.444 e. The highest BCUT2D eigenvalue weighted by Crippen LogP contribution is 2.28. The van der Waals surface area contributed by atoms with Gasteiger partial charge in [0.1, 0.15) is 17.7 Å². The van der Waals surface area contributed by atoms with Gasteiger partial charge in [-0.15, -0.1) is 11.3 Å². The van der Waals surface area contributed by atoms with E-state index in [0.717, 1.165) is 21.7 Å². The van der Waals surface area contributed by atoms with Crippen molar-refractivity contribution in [2.75, 3.05) is 13.1 Å². The molecule has 0 bridgehead atoms. The third kappa shape index (κ3) is 10.3. The number of β-amino-alcohol motifs (C(OH)–C–C–N with tert-alkyl or cyclic N) is 1. The zero-order chi connectivity index (χ0) is 32.7. The van der Waals surface area contributed by atoms with Crippen LogP contribution in [0.1, 0.15) is 78.5 Å². The highest BCUT2D eigenvalue weighted by Gasteiger charge is 2.44. The Hall–Kier alpha value is -3.51. The number of likely N-dealkylation sites (tertiary alicyclic amines) is 1. The number of carbonyl (C=O) groups excluding carboxylic acids is 4.